The Kier molecular flexibility index (Phi) is 8.09. The summed E-state index contributed by atoms with van der Waals surface area (Å²) < 4.78 is 42.0. The molecular formula is C23H30FN3O4S. The molecule has 0 aliphatic carbocycles. The number of amides is 1. The molecule has 3 rings (SSSR count). The maximum atomic E-state index is 13.1. The van der Waals surface area contributed by atoms with E-state index in [-0.39, 0.29) is 16.6 Å². The summed E-state index contributed by atoms with van der Waals surface area (Å²) in [7, 11) is -1.36. The van der Waals surface area contributed by atoms with Gasteiger partial charge in [-0.3, -0.25) is 9.69 Å². The highest BCUT2D eigenvalue weighted by molar-refractivity contribution is 7.90. The summed E-state index contributed by atoms with van der Waals surface area (Å²) in [5.41, 5.74) is 0.970. The van der Waals surface area contributed by atoms with Gasteiger partial charge >= 0.3 is 0 Å². The van der Waals surface area contributed by atoms with E-state index in [1.54, 1.807) is 30.3 Å². The van der Waals surface area contributed by atoms with Gasteiger partial charge in [0.1, 0.15) is 11.6 Å². The van der Waals surface area contributed by atoms with E-state index in [0.717, 1.165) is 18.8 Å². The summed E-state index contributed by atoms with van der Waals surface area (Å²) >= 11 is 0. The number of rotatable bonds is 9. The molecule has 9 heteroatoms. The van der Waals surface area contributed by atoms with Crippen LogP contribution in [0, 0.1) is 5.82 Å². The zero-order valence-corrected chi connectivity index (χ0v) is 19.4. The van der Waals surface area contributed by atoms with E-state index in [0.29, 0.717) is 45.0 Å². The number of piperazine rings is 1. The minimum absolute atomic E-state index is 0.0908. The van der Waals surface area contributed by atoms with Gasteiger partial charge < -0.3 is 14.5 Å². The smallest absolute Gasteiger partial charge is 0.236 e. The van der Waals surface area contributed by atoms with Crippen molar-refractivity contribution >= 4 is 21.4 Å². The van der Waals surface area contributed by atoms with E-state index in [2.05, 4.69) is 4.90 Å². The van der Waals surface area contributed by atoms with Crippen molar-refractivity contribution in [3.05, 3.63) is 54.3 Å². The molecule has 0 bridgehead atoms. The molecule has 2 aromatic carbocycles. The van der Waals surface area contributed by atoms with Gasteiger partial charge in [0.2, 0.25) is 5.91 Å². The van der Waals surface area contributed by atoms with Gasteiger partial charge in [-0.1, -0.05) is 6.07 Å². The maximum Gasteiger partial charge on any atom is 0.236 e. The van der Waals surface area contributed by atoms with Gasteiger partial charge in [0, 0.05) is 44.7 Å². The number of nitrogens with zero attached hydrogens (tertiary/aromatic N) is 3. The lowest BCUT2D eigenvalue weighted by Crippen LogP contribution is -2.51. The molecule has 1 amide bonds. The number of anilines is 1. The minimum Gasteiger partial charge on any atom is -0.494 e. The second-order valence-electron chi connectivity index (χ2n) is 8.03. The molecular weight excluding hydrogens is 433 g/mol. The van der Waals surface area contributed by atoms with Crippen LogP contribution in [0.4, 0.5) is 10.1 Å². The van der Waals surface area contributed by atoms with Crippen molar-refractivity contribution < 1.29 is 22.3 Å². The summed E-state index contributed by atoms with van der Waals surface area (Å²) in [5, 5.41) is 0. The monoisotopic (exact) mass is 463 g/mol. The van der Waals surface area contributed by atoms with Crippen molar-refractivity contribution in [1.29, 1.82) is 0 Å². The van der Waals surface area contributed by atoms with Gasteiger partial charge in [0.15, 0.2) is 9.84 Å². The molecule has 0 radical (unpaired) electrons. The zero-order chi connectivity index (χ0) is 23.1. The molecule has 1 saturated heterocycles. The van der Waals surface area contributed by atoms with Gasteiger partial charge in [-0.25, -0.2) is 12.8 Å². The summed E-state index contributed by atoms with van der Waals surface area (Å²) in [6.07, 6.45) is 1.88. The highest BCUT2D eigenvalue weighted by Gasteiger charge is 2.22. The summed E-state index contributed by atoms with van der Waals surface area (Å²) in [5.74, 6) is 0.358. The molecule has 2 aromatic rings. The lowest BCUT2D eigenvalue weighted by molar-refractivity contribution is -0.132. The lowest BCUT2D eigenvalue weighted by atomic mass is 10.2. The number of hydrogen-bond donors (Lipinski definition) is 0. The van der Waals surface area contributed by atoms with Gasteiger partial charge in [0.25, 0.3) is 0 Å². The van der Waals surface area contributed by atoms with Crippen LogP contribution in [0.2, 0.25) is 0 Å². The molecule has 7 nitrogen and oxygen atoms in total. The highest BCUT2D eigenvalue weighted by atomic mass is 32.2. The molecule has 0 atom stereocenters. The normalized spacial score (nSPS) is 14.6. The molecule has 0 spiro atoms. The molecule has 1 fully saturated rings. The fourth-order valence-electron chi connectivity index (χ4n) is 3.60. The van der Waals surface area contributed by atoms with Crippen molar-refractivity contribution in [3.8, 4) is 5.75 Å². The predicted octanol–water partition coefficient (Wildman–Crippen LogP) is 2.28. The Labute approximate surface area is 189 Å². The number of likely N-dealkylation sites (N-methyl/N-ethyl adjacent to an activating group) is 1. The SMILES string of the molecule is CN(CCCOc1cccc(S(C)(=O)=O)c1)CC(=O)N1CCN(c2ccc(F)cc2)CC1. The molecule has 0 aromatic heterocycles. The van der Waals surface area contributed by atoms with Crippen molar-refractivity contribution in [3.63, 3.8) is 0 Å². The maximum absolute atomic E-state index is 13.1. The first-order chi connectivity index (χ1) is 15.2. The van der Waals surface area contributed by atoms with Crippen molar-refractivity contribution in [2.45, 2.75) is 11.3 Å². The van der Waals surface area contributed by atoms with Crippen LogP contribution in [0.25, 0.3) is 0 Å². The molecule has 32 heavy (non-hydrogen) atoms. The average Bonchev–Trinajstić information content (AvgIpc) is 2.77. The minimum atomic E-state index is -3.26. The summed E-state index contributed by atoms with van der Waals surface area (Å²) in [6, 6.07) is 12.9. The van der Waals surface area contributed by atoms with Crippen LogP contribution in [0.1, 0.15) is 6.42 Å². The van der Waals surface area contributed by atoms with E-state index in [1.807, 2.05) is 16.8 Å². The average molecular weight is 464 g/mol. The number of ether oxygens (including phenoxy) is 1. The fraction of sp³-hybridized carbons (Fsp3) is 0.435. The van der Waals surface area contributed by atoms with Crippen LogP contribution in [-0.4, -0.2) is 83.3 Å². The van der Waals surface area contributed by atoms with Crippen molar-refractivity contribution in [2.75, 3.05) is 64.1 Å². The van der Waals surface area contributed by atoms with Gasteiger partial charge in [-0.15, -0.1) is 0 Å². The molecule has 1 aliphatic rings. The quantitative estimate of drug-likeness (QED) is 0.532. The van der Waals surface area contributed by atoms with E-state index < -0.39 is 9.84 Å². The van der Waals surface area contributed by atoms with E-state index in [1.165, 1.54) is 24.5 Å². The largest absolute Gasteiger partial charge is 0.494 e. The molecule has 0 N–H and O–H groups in total. The first-order valence-corrected chi connectivity index (χ1v) is 12.5. The highest BCUT2D eigenvalue weighted by Crippen LogP contribution is 2.18. The van der Waals surface area contributed by atoms with Gasteiger partial charge in [-0.05, 0) is 55.9 Å². The van der Waals surface area contributed by atoms with Crippen LogP contribution in [0.5, 0.6) is 5.75 Å². The Morgan fingerprint density at radius 1 is 1.09 bits per heavy atom. The van der Waals surface area contributed by atoms with E-state index in [9.17, 15) is 17.6 Å². The van der Waals surface area contributed by atoms with Crippen molar-refractivity contribution in [2.24, 2.45) is 0 Å². The standard InChI is InChI=1S/C23H30FN3O4S/c1-25(11-4-16-31-21-5-3-6-22(17-21)32(2,29)30)18-23(28)27-14-12-26(13-15-27)20-9-7-19(24)8-10-20/h3,5-10,17H,4,11-16,18H2,1-2H3. The third-order valence-corrected chi connectivity index (χ3v) is 6.53. The van der Waals surface area contributed by atoms with Crippen LogP contribution < -0.4 is 9.64 Å². The van der Waals surface area contributed by atoms with Crippen LogP contribution >= 0.6 is 0 Å². The number of sulfone groups is 1. The predicted molar refractivity (Wildman–Crippen MR) is 122 cm³/mol. The second-order valence-corrected chi connectivity index (χ2v) is 10.0. The Morgan fingerprint density at radius 3 is 2.44 bits per heavy atom. The first-order valence-electron chi connectivity index (χ1n) is 10.6. The van der Waals surface area contributed by atoms with Crippen LogP contribution in [0.3, 0.4) is 0 Å². The molecule has 1 aliphatic heterocycles. The summed E-state index contributed by atoms with van der Waals surface area (Å²) in [6.45, 7) is 4.19. The van der Waals surface area contributed by atoms with E-state index >= 15 is 0 Å². The number of benzene rings is 2. The first kappa shape index (κ1) is 24.0. The molecule has 0 unspecified atom stereocenters. The third kappa shape index (κ3) is 6.93. The second kappa shape index (κ2) is 10.8. The molecule has 1 heterocycles. The number of halogens is 1. The lowest BCUT2D eigenvalue weighted by Gasteiger charge is -2.36. The molecule has 0 saturated carbocycles. The van der Waals surface area contributed by atoms with Gasteiger partial charge in [-0.2, -0.15) is 0 Å². The van der Waals surface area contributed by atoms with Crippen LogP contribution in [0.15, 0.2) is 53.4 Å². The Hall–Kier alpha value is -2.65. The Morgan fingerprint density at radius 2 is 1.78 bits per heavy atom. The van der Waals surface area contributed by atoms with E-state index in [4.69, 9.17) is 4.74 Å². The summed E-state index contributed by atoms with van der Waals surface area (Å²) in [4.78, 5) is 18.8. The zero-order valence-electron chi connectivity index (χ0n) is 18.5. The number of hydrogen-bond acceptors (Lipinski definition) is 6. The number of carbonyl (C=O) groups excluding carboxylic acids is 1. The Bertz CT molecular complexity index is 1010. The molecule has 174 valence electrons. The Balaban J connectivity index is 1.36. The third-order valence-electron chi connectivity index (χ3n) is 5.42. The number of carbonyl (C=O) groups is 1. The fourth-order valence-corrected chi connectivity index (χ4v) is 4.25. The topological polar surface area (TPSA) is 70.2 Å². The van der Waals surface area contributed by atoms with Crippen molar-refractivity contribution in [1.82, 2.24) is 9.80 Å². The van der Waals surface area contributed by atoms with Gasteiger partial charge in [0.05, 0.1) is 18.0 Å². The van der Waals surface area contributed by atoms with Crippen LogP contribution in [-0.2, 0) is 14.6 Å².